The van der Waals surface area contributed by atoms with Gasteiger partial charge in [-0.15, -0.1) is 11.3 Å². The molecule has 0 unspecified atom stereocenters. The summed E-state index contributed by atoms with van der Waals surface area (Å²) in [6, 6.07) is 15.2. The van der Waals surface area contributed by atoms with Crippen molar-refractivity contribution >= 4 is 33.4 Å². The van der Waals surface area contributed by atoms with Gasteiger partial charge in [0.2, 0.25) is 0 Å². The topological polar surface area (TPSA) is 68.3 Å². The summed E-state index contributed by atoms with van der Waals surface area (Å²) in [5.74, 6) is -0.219. The SMILES string of the molecule is C[C@H](NC(=O)COC(=O)c1ccccc1-c1nc2ccccc2s1)C1CC1. The number of amides is 1. The second-order valence-corrected chi connectivity index (χ2v) is 7.83. The van der Waals surface area contributed by atoms with Crippen molar-refractivity contribution in [3.05, 3.63) is 54.1 Å². The first-order valence-electron chi connectivity index (χ1n) is 9.03. The minimum atomic E-state index is -0.515. The maximum absolute atomic E-state index is 12.6. The van der Waals surface area contributed by atoms with Crippen molar-refractivity contribution in [1.29, 1.82) is 0 Å². The molecule has 138 valence electrons. The van der Waals surface area contributed by atoms with Crippen molar-refractivity contribution in [3.8, 4) is 10.6 Å². The predicted octanol–water partition coefficient (Wildman–Crippen LogP) is 4.03. The molecule has 0 radical (unpaired) electrons. The molecule has 1 aliphatic rings. The number of nitrogens with zero attached hydrogens (tertiary/aromatic N) is 1. The second kappa shape index (κ2) is 7.48. The Kier molecular flexibility index (Phi) is 4.90. The third-order valence-electron chi connectivity index (χ3n) is 4.72. The highest BCUT2D eigenvalue weighted by Gasteiger charge is 2.29. The van der Waals surface area contributed by atoms with Gasteiger partial charge in [-0.3, -0.25) is 4.79 Å². The number of ether oxygens (including phenoxy) is 1. The van der Waals surface area contributed by atoms with E-state index in [1.54, 1.807) is 12.1 Å². The third kappa shape index (κ3) is 4.01. The molecular weight excluding hydrogens is 360 g/mol. The Bertz CT molecular complexity index is 961. The molecule has 1 saturated carbocycles. The lowest BCUT2D eigenvalue weighted by atomic mass is 10.1. The van der Waals surface area contributed by atoms with Gasteiger partial charge in [0.05, 0.1) is 15.8 Å². The summed E-state index contributed by atoms with van der Waals surface area (Å²) in [6.07, 6.45) is 2.30. The van der Waals surface area contributed by atoms with E-state index < -0.39 is 5.97 Å². The molecule has 1 N–H and O–H groups in total. The third-order valence-corrected chi connectivity index (χ3v) is 5.79. The highest BCUT2D eigenvalue weighted by atomic mass is 32.1. The lowest BCUT2D eigenvalue weighted by molar-refractivity contribution is -0.124. The molecule has 27 heavy (non-hydrogen) atoms. The molecule has 0 saturated heterocycles. The van der Waals surface area contributed by atoms with Gasteiger partial charge in [-0.25, -0.2) is 9.78 Å². The van der Waals surface area contributed by atoms with Crippen molar-refractivity contribution in [1.82, 2.24) is 10.3 Å². The van der Waals surface area contributed by atoms with E-state index in [4.69, 9.17) is 4.74 Å². The monoisotopic (exact) mass is 380 g/mol. The summed E-state index contributed by atoms with van der Waals surface area (Å²) < 4.78 is 6.31. The van der Waals surface area contributed by atoms with Crippen molar-refractivity contribution in [2.75, 3.05) is 6.61 Å². The number of para-hydroxylation sites is 1. The van der Waals surface area contributed by atoms with Crippen LogP contribution in [0.3, 0.4) is 0 Å². The van der Waals surface area contributed by atoms with Gasteiger partial charge in [0.1, 0.15) is 5.01 Å². The highest BCUT2D eigenvalue weighted by molar-refractivity contribution is 7.21. The Balaban J connectivity index is 1.48. The zero-order chi connectivity index (χ0) is 18.8. The van der Waals surface area contributed by atoms with Crippen molar-refractivity contribution in [2.24, 2.45) is 5.92 Å². The lowest BCUT2D eigenvalue weighted by Crippen LogP contribution is -2.37. The molecule has 3 aromatic rings. The predicted molar refractivity (Wildman–Crippen MR) is 106 cm³/mol. The van der Waals surface area contributed by atoms with E-state index >= 15 is 0 Å². The number of hydrogen-bond acceptors (Lipinski definition) is 5. The van der Waals surface area contributed by atoms with E-state index in [1.807, 2.05) is 43.3 Å². The molecule has 1 atom stereocenters. The number of rotatable bonds is 6. The van der Waals surface area contributed by atoms with Crippen LogP contribution in [-0.2, 0) is 9.53 Å². The molecule has 1 amide bonds. The van der Waals surface area contributed by atoms with Crippen LogP contribution in [0.5, 0.6) is 0 Å². The summed E-state index contributed by atoms with van der Waals surface area (Å²) >= 11 is 1.53. The molecule has 1 aromatic heterocycles. The smallest absolute Gasteiger partial charge is 0.339 e. The zero-order valence-corrected chi connectivity index (χ0v) is 15.8. The Hall–Kier alpha value is -2.73. The Morgan fingerprint density at radius 3 is 2.70 bits per heavy atom. The largest absolute Gasteiger partial charge is 0.452 e. The Morgan fingerprint density at radius 2 is 1.93 bits per heavy atom. The lowest BCUT2D eigenvalue weighted by Gasteiger charge is -2.13. The number of nitrogens with one attached hydrogen (secondary N) is 1. The molecule has 1 heterocycles. The fourth-order valence-corrected chi connectivity index (χ4v) is 4.06. The van der Waals surface area contributed by atoms with E-state index in [9.17, 15) is 9.59 Å². The first-order chi connectivity index (χ1) is 13.1. The van der Waals surface area contributed by atoms with E-state index in [0.717, 1.165) is 33.6 Å². The van der Waals surface area contributed by atoms with Crippen LogP contribution in [0, 0.1) is 5.92 Å². The first-order valence-corrected chi connectivity index (χ1v) is 9.85. The van der Waals surface area contributed by atoms with E-state index in [2.05, 4.69) is 10.3 Å². The minimum Gasteiger partial charge on any atom is -0.452 e. The zero-order valence-electron chi connectivity index (χ0n) is 15.0. The van der Waals surface area contributed by atoms with Crippen LogP contribution < -0.4 is 5.32 Å². The maximum atomic E-state index is 12.6. The number of hydrogen-bond donors (Lipinski definition) is 1. The van der Waals surface area contributed by atoms with Gasteiger partial charge in [-0.2, -0.15) is 0 Å². The molecule has 2 aromatic carbocycles. The van der Waals surface area contributed by atoms with Gasteiger partial charge in [-0.05, 0) is 43.9 Å². The number of carbonyl (C=O) groups is 2. The summed E-state index contributed by atoms with van der Waals surface area (Å²) in [5.41, 5.74) is 2.03. The van der Waals surface area contributed by atoms with E-state index in [-0.39, 0.29) is 18.6 Å². The molecule has 5 nitrogen and oxygen atoms in total. The van der Waals surface area contributed by atoms with Crippen molar-refractivity contribution in [2.45, 2.75) is 25.8 Å². The van der Waals surface area contributed by atoms with E-state index in [1.165, 1.54) is 11.3 Å². The first kappa shape index (κ1) is 17.7. The van der Waals surface area contributed by atoms with Crippen LogP contribution in [0.1, 0.15) is 30.1 Å². The van der Waals surface area contributed by atoms with Crippen molar-refractivity contribution in [3.63, 3.8) is 0 Å². The van der Waals surface area contributed by atoms with Crippen LogP contribution in [0.15, 0.2) is 48.5 Å². The molecular formula is C21H20N2O3S. The normalized spacial score (nSPS) is 14.7. The van der Waals surface area contributed by atoms with Gasteiger partial charge in [0, 0.05) is 11.6 Å². The standard InChI is InChI=1S/C21H20N2O3S/c1-13(14-10-11-14)22-19(24)12-26-21(25)16-7-3-2-6-15(16)20-23-17-8-4-5-9-18(17)27-20/h2-9,13-14H,10-12H2,1H3,(H,22,24)/t13-/m0/s1. The van der Waals surface area contributed by atoms with Gasteiger partial charge in [-0.1, -0.05) is 30.3 Å². The molecule has 0 spiro atoms. The van der Waals surface area contributed by atoms with Crippen molar-refractivity contribution < 1.29 is 14.3 Å². The molecule has 4 rings (SSSR count). The average molecular weight is 380 g/mol. The fraction of sp³-hybridized carbons (Fsp3) is 0.286. The summed E-state index contributed by atoms with van der Waals surface area (Å²) in [6.45, 7) is 1.71. The molecule has 1 aliphatic carbocycles. The average Bonchev–Trinajstić information content (AvgIpc) is 3.45. The summed E-state index contributed by atoms with van der Waals surface area (Å²) in [4.78, 5) is 29.2. The van der Waals surface area contributed by atoms with E-state index in [0.29, 0.717) is 11.5 Å². The quantitative estimate of drug-likeness (QED) is 0.656. The summed E-state index contributed by atoms with van der Waals surface area (Å²) in [7, 11) is 0. The number of aromatic nitrogens is 1. The molecule has 1 fully saturated rings. The molecule has 0 aliphatic heterocycles. The highest BCUT2D eigenvalue weighted by Crippen LogP contribution is 2.33. The Morgan fingerprint density at radius 1 is 1.19 bits per heavy atom. The van der Waals surface area contributed by atoms with Gasteiger partial charge >= 0.3 is 5.97 Å². The second-order valence-electron chi connectivity index (χ2n) is 6.80. The van der Waals surface area contributed by atoms with Crippen LogP contribution in [0.25, 0.3) is 20.8 Å². The van der Waals surface area contributed by atoms with Crippen LogP contribution >= 0.6 is 11.3 Å². The van der Waals surface area contributed by atoms with Gasteiger partial charge < -0.3 is 10.1 Å². The minimum absolute atomic E-state index is 0.131. The summed E-state index contributed by atoms with van der Waals surface area (Å²) in [5, 5.41) is 3.65. The number of carbonyl (C=O) groups excluding carboxylic acids is 2. The number of esters is 1. The van der Waals surface area contributed by atoms with Crippen LogP contribution in [0.4, 0.5) is 0 Å². The molecule has 6 heteroatoms. The van der Waals surface area contributed by atoms with Crippen LogP contribution in [-0.4, -0.2) is 29.5 Å². The molecule has 0 bridgehead atoms. The number of thiazole rings is 1. The fourth-order valence-electron chi connectivity index (χ4n) is 3.05. The number of benzene rings is 2. The van der Waals surface area contributed by atoms with Gasteiger partial charge in [0.15, 0.2) is 6.61 Å². The Labute approximate surface area is 161 Å². The number of fused-ring (bicyclic) bond motifs is 1. The van der Waals surface area contributed by atoms with Crippen LogP contribution in [0.2, 0.25) is 0 Å². The maximum Gasteiger partial charge on any atom is 0.339 e. The van der Waals surface area contributed by atoms with Gasteiger partial charge in [0.25, 0.3) is 5.91 Å².